The van der Waals surface area contributed by atoms with Crippen LogP contribution in [0.25, 0.3) is 0 Å². The monoisotopic (exact) mass is 345 g/mol. The van der Waals surface area contributed by atoms with E-state index in [0.29, 0.717) is 11.4 Å². The van der Waals surface area contributed by atoms with Crippen molar-refractivity contribution in [1.82, 2.24) is 0 Å². The number of thioether (sulfide) groups is 1. The van der Waals surface area contributed by atoms with Crippen LogP contribution < -0.4 is 4.31 Å². The molecule has 0 bridgehead atoms. The molecule has 1 aliphatic heterocycles. The lowest BCUT2D eigenvalue weighted by atomic mass is 10.1. The molecule has 0 fully saturated rings. The number of anilines is 1. The van der Waals surface area contributed by atoms with Gasteiger partial charge in [0.2, 0.25) is 0 Å². The third-order valence-corrected chi connectivity index (χ3v) is 7.51. The van der Waals surface area contributed by atoms with Crippen molar-refractivity contribution >= 4 is 27.5 Å². The van der Waals surface area contributed by atoms with E-state index in [1.807, 2.05) is 36.4 Å². The van der Waals surface area contributed by atoms with Crippen molar-refractivity contribution < 1.29 is 8.42 Å². The molecule has 2 aromatic carbocycles. The summed E-state index contributed by atoms with van der Waals surface area (Å²) in [7, 11) is -3.50. The average Bonchev–Trinajstić information content (AvgIpc) is 2.92. The highest BCUT2D eigenvalue weighted by atomic mass is 32.2. The van der Waals surface area contributed by atoms with E-state index in [4.69, 9.17) is 0 Å². The predicted molar refractivity (Wildman–Crippen MR) is 94.8 cm³/mol. The van der Waals surface area contributed by atoms with Gasteiger partial charge in [-0.05, 0) is 66.8 Å². The number of rotatable bonds is 2. The number of hydrogen-bond donors (Lipinski definition) is 0. The lowest BCUT2D eigenvalue weighted by Crippen LogP contribution is -2.32. The zero-order valence-electron chi connectivity index (χ0n) is 12.9. The summed E-state index contributed by atoms with van der Waals surface area (Å²) in [5, 5.41) is 0. The lowest BCUT2D eigenvalue weighted by Gasteiger charge is -2.24. The number of para-hydroxylation sites is 1. The number of hydrogen-bond acceptors (Lipinski definition) is 3. The molecule has 2 aliphatic rings. The van der Waals surface area contributed by atoms with E-state index in [0.717, 1.165) is 42.0 Å². The molecule has 0 unspecified atom stereocenters. The summed E-state index contributed by atoms with van der Waals surface area (Å²) in [6.45, 7) is 0.545. The van der Waals surface area contributed by atoms with Crippen molar-refractivity contribution in [2.75, 3.05) is 16.6 Å². The van der Waals surface area contributed by atoms with Crippen LogP contribution in [0.4, 0.5) is 5.69 Å². The average molecular weight is 345 g/mol. The van der Waals surface area contributed by atoms with E-state index in [2.05, 4.69) is 0 Å². The molecule has 0 aromatic heterocycles. The van der Waals surface area contributed by atoms with Gasteiger partial charge in [-0.15, -0.1) is 11.8 Å². The number of aryl methyl sites for hydroxylation is 2. The third-order valence-electron chi connectivity index (χ3n) is 4.56. The molecule has 0 amide bonds. The van der Waals surface area contributed by atoms with Gasteiger partial charge in [0.1, 0.15) is 0 Å². The Balaban J connectivity index is 1.79. The van der Waals surface area contributed by atoms with Crippen molar-refractivity contribution in [3.05, 3.63) is 53.6 Å². The smallest absolute Gasteiger partial charge is 0.264 e. The first kappa shape index (κ1) is 15.1. The number of fused-ring (bicyclic) bond motifs is 2. The van der Waals surface area contributed by atoms with E-state index >= 15 is 0 Å². The summed E-state index contributed by atoms with van der Waals surface area (Å²) in [6.07, 6.45) is 4.05. The van der Waals surface area contributed by atoms with E-state index in [1.165, 1.54) is 11.1 Å². The van der Waals surface area contributed by atoms with E-state index in [9.17, 15) is 8.42 Å². The first-order chi connectivity index (χ1) is 11.2. The maximum absolute atomic E-state index is 13.2. The standard InChI is InChI=1S/C18H19NO2S2/c20-23(21,16-10-9-14-5-3-6-15(14)13-16)19-11-4-12-22-18-8-2-1-7-17(18)19/h1-2,7-10,13H,3-6,11-12H2. The quantitative estimate of drug-likeness (QED) is 0.829. The molecule has 0 saturated heterocycles. The van der Waals surface area contributed by atoms with Crippen LogP contribution in [0.5, 0.6) is 0 Å². The topological polar surface area (TPSA) is 37.4 Å². The Kier molecular flexibility index (Phi) is 3.85. The highest BCUT2D eigenvalue weighted by molar-refractivity contribution is 7.99. The molecule has 120 valence electrons. The SMILES string of the molecule is O=S(=O)(c1ccc2c(c1)CCC2)N1CCCSc2ccccc21. The molecule has 5 heteroatoms. The van der Waals surface area contributed by atoms with Gasteiger partial charge in [-0.25, -0.2) is 8.42 Å². The van der Waals surface area contributed by atoms with E-state index in [1.54, 1.807) is 22.1 Å². The Labute approximate surface area is 141 Å². The molecule has 0 atom stereocenters. The molecule has 2 aromatic rings. The fourth-order valence-corrected chi connectivity index (χ4v) is 6.01. The van der Waals surface area contributed by atoms with Crippen molar-refractivity contribution in [1.29, 1.82) is 0 Å². The van der Waals surface area contributed by atoms with Crippen LogP contribution in [0.3, 0.4) is 0 Å². The Morgan fingerprint density at radius 1 is 0.957 bits per heavy atom. The Morgan fingerprint density at radius 3 is 2.70 bits per heavy atom. The minimum atomic E-state index is -3.50. The van der Waals surface area contributed by atoms with Crippen LogP contribution in [-0.4, -0.2) is 20.7 Å². The van der Waals surface area contributed by atoms with Crippen LogP contribution in [0.2, 0.25) is 0 Å². The van der Waals surface area contributed by atoms with Crippen LogP contribution in [0.1, 0.15) is 24.0 Å². The minimum absolute atomic E-state index is 0.430. The Bertz CT molecular complexity index is 846. The van der Waals surface area contributed by atoms with Crippen LogP contribution in [0, 0.1) is 0 Å². The van der Waals surface area contributed by atoms with Crippen molar-refractivity contribution in [2.24, 2.45) is 0 Å². The van der Waals surface area contributed by atoms with Gasteiger partial charge in [0.15, 0.2) is 0 Å². The highest BCUT2D eigenvalue weighted by Gasteiger charge is 2.29. The second kappa shape index (κ2) is 5.87. The molecule has 1 aliphatic carbocycles. The highest BCUT2D eigenvalue weighted by Crippen LogP contribution is 2.37. The number of sulfonamides is 1. The van der Waals surface area contributed by atoms with Gasteiger partial charge in [0, 0.05) is 11.4 Å². The molecule has 1 heterocycles. The largest absolute Gasteiger partial charge is 0.265 e. The first-order valence-electron chi connectivity index (χ1n) is 8.03. The van der Waals surface area contributed by atoms with Crippen LogP contribution >= 0.6 is 11.8 Å². The van der Waals surface area contributed by atoms with Gasteiger partial charge in [-0.2, -0.15) is 0 Å². The summed E-state index contributed by atoms with van der Waals surface area (Å²) in [4.78, 5) is 1.48. The number of benzene rings is 2. The Morgan fingerprint density at radius 2 is 1.78 bits per heavy atom. The predicted octanol–water partition coefficient (Wildman–Crippen LogP) is 3.87. The molecule has 0 radical (unpaired) electrons. The summed E-state index contributed by atoms with van der Waals surface area (Å²) >= 11 is 1.74. The summed E-state index contributed by atoms with van der Waals surface area (Å²) in [5.41, 5.74) is 3.31. The van der Waals surface area contributed by atoms with Gasteiger partial charge >= 0.3 is 0 Å². The summed E-state index contributed by atoms with van der Waals surface area (Å²) < 4.78 is 28.0. The molecule has 0 N–H and O–H groups in total. The van der Waals surface area contributed by atoms with Crippen LogP contribution in [-0.2, 0) is 22.9 Å². The second-order valence-electron chi connectivity index (χ2n) is 6.03. The molecular weight excluding hydrogens is 326 g/mol. The summed E-state index contributed by atoms with van der Waals surface area (Å²) in [6, 6.07) is 13.5. The number of nitrogens with zero attached hydrogens (tertiary/aromatic N) is 1. The normalized spacial score (nSPS) is 17.5. The first-order valence-corrected chi connectivity index (χ1v) is 10.5. The fourth-order valence-electron chi connectivity index (χ4n) is 3.38. The third kappa shape index (κ3) is 2.66. The minimum Gasteiger partial charge on any atom is -0.265 e. The van der Waals surface area contributed by atoms with Gasteiger partial charge in [-0.3, -0.25) is 4.31 Å². The molecule has 23 heavy (non-hydrogen) atoms. The Hall–Kier alpha value is -1.46. The molecule has 0 saturated carbocycles. The van der Waals surface area contributed by atoms with Crippen molar-refractivity contribution in [2.45, 2.75) is 35.5 Å². The molecule has 4 rings (SSSR count). The summed E-state index contributed by atoms with van der Waals surface area (Å²) in [5.74, 6) is 0.952. The maximum atomic E-state index is 13.2. The molecular formula is C18H19NO2S2. The van der Waals surface area contributed by atoms with Gasteiger partial charge in [0.05, 0.1) is 10.6 Å². The van der Waals surface area contributed by atoms with E-state index in [-0.39, 0.29) is 0 Å². The van der Waals surface area contributed by atoms with Crippen molar-refractivity contribution in [3.8, 4) is 0 Å². The van der Waals surface area contributed by atoms with E-state index < -0.39 is 10.0 Å². The van der Waals surface area contributed by atoms with Gasteiger partial charge in [-0.1, -0.05) is 18.2 Å². The van der Waals surface area contributed by atoms with Crippen molar-refractivity contribution in [3.63, 3.8) is 0 Å². The lowest BCUT2D eigenvalue weighted by molar-refractivity contribution is 0.590. The molecule has 3 nitrogen and oxygen atoms in total. The second-order valence-corrected chi connectivity index (χ2v) is 9.03. The van der Waals surface area contributed by atoms with Crippen LogP contribution in [0.15, 0.2) is 52.3 Å². The zero-order chi connectivity index (χ0) is 15.9. The molecule has 0 spiro atoms. The van der Waals surface area contributed by atoms with Gasteiger partial charge < -0.3 is 0 Å². The zero-order valence-corrected chi connectivity index (χ0v) is 14.5. The fraction of sp³-hybridized carbons (Fsp3) is 0.333. The maximum Gasteiger partial charge on any atom is 0.264 e. The van der Waals surface area contributed by atoms with Gasteiger partial charge in [0.25, 0.3) is 10.0 Å².